The molecular formula is C18H23N. The molecule has 1 heteroatoms. The Kier molecular flexibility index (Phi) is 5.02. The minimum absolute atomic E-state index is 0.677. The molecule has 0 bridgehead atoms. The van der Waals surface area contributed by atoms with E-state index in [0.29, 0.717) is 5.92 Å². The Balaban J connectivity index is 2.02. The van der Waals surface area contributed by atoms with Crippen LogP contribution in [-0.2, 0) is 6.42 Å². The van der Waals surface area contributed by atoms with Crippen LogP contribution in [0.3, 0.4) is 0 Å². The van der Waals surface area contributed by atoms with Crippen LogP contribution in [0, 0.1) is 5.92 Å². The number of anilines is 1. The molecule has 0 aromatic heterocycles. The summed E-state index contributed by atoms with van der Waals surface area (Å²) in [6, 6.07) is 21.4. The van der Waals surface area contributed by atoms with Gasteiger partial charge in [0.1, 0.15) is 0 Å². The van der Waals surface area contributed by atoms with Crippen molar-refractivity contribution in [2.24, 2.45) is 5.92 Å². The summed E-state index contributed by atoms with van der Waals surface area (Å²) in [6.45, 7) is 6.74. The molecule has 0 aliphatic carbocycles. The van der Waals surface area contributed by atoms with E-state index < -0.39 is 0 Å². The number of nitrogens with zero attached hydrogens (tertiary/aromatic N) is 1. The zero-order valence-electron chi connectivity index (χ0n) is 11.9. The lowest BCUT2D eigenvalue weighted by atomic mass is 10.1. The molecular weight excluding hydrogens is 230 g/mol. The molecule has 0 fully saturated rings. The van der Waals surface area contributed by atoms with Gasteiger partial charge in [-0.25, -0.2) is 0 Å². The molecule has 2 rings (SSSR count). The van der Waals surface area contributed by atoms with Crippen molar-refractivity contribution in [3.05, 3.63) is 66.2 Å². The Bertz CT molecular complexity index is 462. The summed E-state index contributed by atoms with van der Waals surface area (Å²) in [5.41, 5.74) is 2.74. The molecule has 0 heterocycles. The second-order valence-electron chi connectivity index (χ2n) is 5.41. The van der Waals surface area contributed by atoms with Crippen molar-refractivity contribution in [3.8, 4) is 0 Å². The molecule has 2 aromatic carbocycles. The van der Waals surface area contributed by atoms with E-state index in [2.05, 4.69) is 79.4 Å². The summed E-state index contributed by atoms with van der Waals surface area (Å²) in [5.74, 6) is 0.677. The number of benzene rings is 2. The van der Waals surface area contributed by atoms with Gasteiger partial charge in [0.2, 0.25) is 0 Å². The van der Waals surface area contributed by atoms with Gasteiger partial charge in [0, 0.05) is 18.8 Å². The molecule has 0 unspecified atom stereocenters. The monoisotopic (exact) mass is 253 g/mol. The van der Waals surface area contributed by atoms with Crippen LogP contribution in [0.5, 0.6) is 0 Å². The first-order valence-corrected chi connectivity index (χ1v) is 7.09. The van der Waals surface area contributed by atoms with E-state index in [1.54, 1.807) is 0 Å². The van der Waals surface area contributed by atoms with E-state index in [1.807, 2.05) is 0 Å². The molecule has 0 amide bonds. The summed E-state index contributed by atoms with van der Waals surface area (Å²) in [4.78, 5) is 2.48. The van der Waals surface area contributed by atoms with Crippen molar-refractivity contribution in [1.82, 2.24) is 0 Å². The number of hydrogen-bond acceptors (Lipinski definition) is 1. The highest BCUT2D eigenvalue weighted by Crippen LogP contribution is 2.16. The Hall–Kier alpha value is -1.76. The normalized spacial score (nSPS) is 10.7. The summed E-state index contributed by atoms with van der Waals surface area (Å²) >= 11 is 0. The van der Waals surface area contributed by atoms with Crippen molar-refractivity contribution in [3.63, 3.8) is 0 Å². The van der Waals surface area contributed by atoms with E-state index in [9.17, 15) is 0 Å². The smallest absolute Gasteiger partial charge is 0.0366 e. The topological polar surface area (TPSA) is 3.24 Å². The quantitative estimate of drug-likeness (QED) is 0.738. The van der Waals surface area contributed by atoms with E-state index in [4.69, 9.17) is 0 Å². The van der Waals surface area contributed by atoms with Crippen LogP contribution < -0.4 is 4.90 Å². The molecule has 0 atom stereocenters. The minimum Gasteiger partial charge on any atom is -0.371 e. The van der Waals surface area contributed by atoms with Gasteiger partial charge < -0.3 is 4.90 Å². The Morgan fingerprint density at radius 3 is 2.00 bits per heavy atom. The fourth-order valence-corrected chi connectivity index (χ4v) is 2.31. The lowest BCUT2D eigenvalue weighted by molar-refractivity contribution is 0.609. The zero-order valence-corrected chi connectivity index (χ0v) is 11.9. The zero-order chi connectivity index (χ0) is 13.5. The first-order chi connectivity index (χ1) is 9.25. The maximum atomic E-state index is 2.48. The first kappa shape index (κ1) is 13.7. The SMILES string of the molecule is CC(C)CN(CCc1ccccc1)c1ccccc1. The maximum Gasteiger partial charge on any atom is 0.0366 e. The third kappa shape index (κ3) is 4.44. The molecule has 0 spiro atoms. The second kappa shape index (κ2) is 6.98. The van der Waals surface area contributed by atoms with E-state index >= 15 is 0 Å². The van der Waals surface area contributed by atoms with Gasteiger partial charge >= 0.3 is 0 Å². The highest BCUT2D eigenvalue weighted by Gasteiger charge is 2.08. The lowest BCUT2D eigenvalue weighted by Gasteiger charge is -2.26. The van der Waals surface area contributed by atoms with Crippen LogP contribution in [0.2, 0.25) is 0 Å². The van der Waals surface area contributed by atoms with Crippen LogP contribution >= 0.6 is 0 Å². The molecule has 0 radical (unpaired) electrons. The Labute approximate surface area is 116 Å². The minimum atomic E-state index is 0.677. The first-order valence-electron chi connectivity index (χ1n) is 7.09. The standard InChI is InChI=1S/C18H23N/c1-16(2)15-19(18-11-7-4-8-12-18)14-13-17-9-5-3-6-10-17/h3-12,16H,13-15H2,1-2H3. The molecule has 2 aromatic rings. The predicted octanol–water partition coefficient (Wildman–Crippen LogP) is 4.39. The van der Waals surface area contributed by atoms with Gasteiger partial charge in [-0.05, 0) is 30.0 Å². The summed E-state index contributed by atoms with van der Waals surface area (Å²) in [6.07, 6.45) is 1.10. The molecule has 0 N–H and O–H groups in total. The van der Waals surface area contributed by atoms with Gasteiger partial charge in [-0.3, -0.25) is 0 Å². The Morgan fingerprint density at radius 2 is 1.42 bits per heavy atom. The van der Waals surface area contributed by atoms with Gasteiger partial charge in [0.05, 0.1) is 0 Å². The average molecular weight is 253 g/mol. The highest BCUT2D eigenvalue weighted by molar-refractivity contribution is 5.46. The second-order valence-corrected chi connectivity index (χ2v) is 5.41. The van der Waals surface area contributed by atoms with Crippen molar-refractivity contribution >= 4 is 5.69 Å². The van der Waals surface area contributed by atoms with Crippen LogP contribution in [-0.4, -0.2) is 13.1 Å². The van der Waals surface area contributed by atoms with Gasteiger partial charge in [0.25, 0.3) is 0 Å². The van der Waals surface area contributed by atoms with Crippen LogP contribution in [0.1, 0.15) is 19.4 Å². The molecule has 0 aliphatic heterocycles. The molecule has 100 valence electrons. The number of para-hydroxylation sites is 1. The maximum absolute atomic E-state index is 2.48. The van der Waals surface area contributed by atoms with Gasteiger partial charge in [-0.1, -0.05) is 62.4 Å². The van der Waals surface area contributed by atoms with Gasteiger partial charge in [0.15, 0.2) is 0 Å². The van der Waals surface area contributed by atoms with Crippen LogP contribution in [0.25, 0.3) is 0 Å². The highest BCUT2D eigenvalue weighted by atomic mass is 15.1. The van der Waals surface area contributed by atoms with Crippen LogP contribution in [0.4, 0.5) is 5.69 Å². The van der Waals surface area contributed by atoms with Crippen molar-refractivity contribution < 1.29 is 0 Å². The third-order valence-corrected chi connectivity index (χ3v) is 3.22. The summed E-state index contributed by atoms with van der Waals surface area (Å²) < 4.78 is 0. The summed E-state index contributed by atoms with van der Waals surface area (Å²) in [7, 11) is 0. The number of rotatable bonds is 6. The van der Waals surface area contributed by atoms with Crippen molar-refractivity contribution in [1.29, 1.82) is 0 Å². The largest absolute Gasteiger partial charge is 0.371 e. The molecule has 0 aliphatic rings. The van der Waals surface area contributed by atoms with Crippen molar-refractivity contribution in [2.45, 2.75) is 20.3 Å². The third-order valence-electron chi connectivity index (χ3n) is 3.22. The van der Waals surface area contributed by atoms with E-state index in [1.165, 1.54) is 11.3 Å². The van der Waals surface area contributed by atoms with Gasteiger partial charge in [-0.2, -0.15) is 0 Å². The predicted molar refractivity (Wildman–Crippen MR) is 83.6 cm³/mol. The van der Waals surface area contributed by atoms with E-state index in [-0.39, 0.29) is 0 Å². The Morgan fingerprint density at radius 1 is 0.842 bits per heavy atom. The number of hydrogen-bond donors (Lipinski definition) is 0. The molecule has 0 saturated carbocycles. The summed E-state index contributed by atoms with van der Waals surface area (Å²) in [5, 5.41) is 0. The fraction of sp³-hybridized carbons (Fsp3) is 0.333. The fourth-order valence-electron chi connectivity index (χ4n) is 2.31. The van der Waals surface area contributed by atoms with Crippen molar-refractivity contribution in [2.75, 3.05) is 18.0 Å². The lowest BCUT2D eigenvalue weighted by Crippen LogP contribution is -2.29. The molecule has 0 saturated heterocycles. The average Bonchev–Trinajstić information content (AvgIpc) is 2.45. The van der Waals surface area contributed by atoms with E-state index in [0.717, 1.165) is 19.5 Å². The van der Waals surface area contributed by atoms with Crippen LogP contribution in [0.15, 0.2) is 60.7 Å². The van der Waals surface area contributed by atoms with Gasteiger partial charge in [-0.15, -0.1) is 0 Å². The molecule has 19 heavy (non-hydrogen) atoms. The molecule has 1 nitrogen and oxygen atoms in total.